The second kappa shape index (κ2) is 12.1. The van der Waals surface area contributed by atoms with Crippen LogP contribution in [-0.2, 0) is 4.79 Å². The molecule has 8 nitrogen and oxygen atoms in total. The van der Waals surface area contributed by atoms with Crippen LogP contribution in [0.15, 0.2) is 24.5 Å². The van der Waals surface area contributed by atoms with Crippen molar-refractivity contribution in [1.29, 1.82) is 0 Å². The molecule has 1 atom stereocenters. The number of carbonyl (C=O) groups excluding carboxylic acids is 1. The summed E-state index contributed by atoms with van der Waals surface area (Å²) in [4.78, 5) is 26.8. The predicted molar refractivity (Wildman–Crippen MR) is 128 cm³/mol. The van der Waals surface area contributed by atoms with Gasteiger partial charge in [-0.25, -0.2) is 9.97 Å². The highest BCUT2D eigenvalue weighted by atomic mass is 19.1. The van der Waals surface area contributed by atoms with Crippen molar-refractivity contribution in [3.05, 3.63) is 36.0 Å². The van der Waals surface area contributed by atoms with Crippen LogP contribution < -0.4 is 20.9 Å². The number of carbonyl (C=O) groups is 1. The van der Waals surface area contributed by atoms with Gasteiger partial charge in [0.15, 0.2) is 0 Å². The topological polar surface area (TPSA) is 95.1 Å². The van der Waals surface area contributed by atoms with E-state index < -0.39 is 5.95 Å². The van der Waals surface area contributed by atoms with Gasteiger partial charge in [-0.1, -0.05) is 18.8 Å². The van der Waals surface area contributed by atoms with Gasteiger partial charge < -0.3 is 20.9 Å². The Hall–Kier alpha value is -3.25. The molecule has 1 aliphatic carbocycles. The lowest BCUT2D eigenvalue weighted by Crippen LogP contribution is -2.40. The summed E-state index contributed by atoms with van der Waals surface area (Å²) < 4.78 is 13.4. The molecule has 176 valence electrons. The lowest BCUT2D eigenvalue weighted by molar-refractivity contribution is -0.122. The van der Waals surface area contributed by atoms with Gasteiger partial charge in [-0.05, 0) is 45.7 Å². The second-order valence-electron chi connectivity index (χ2n) is 8.05. The van der Waals surface area contributed by atoms with Crippen molar-refractivity contribution < 1.29 is 9.18 Å². The van der Waals surface area contributed by atoms with Crippen molar-refractivity contribution in [1.82, 2.24) is 25.6 Å². The van der Waals surface area contributed by atoms with Crippen LogP contribution in [-0.4, -0.2) is 53.1 Å². The minimum absolute atomic E-state index is 0.0158. The van der Waals surface area contributed by atoms with E-state index in [4.69, 9.17) is 4.98 Å². The van der Waals surface area contributed by atoms with Crippen LogP contribution in [0.3, 0.4) is 0 Å². The molecule has 2 aromatic rings. The van der Waals surface area contributed by atoms with E-state index in [1.807, 2.05) is 6.92 Å². The van der Waals surface area contributed by atoms with E-state index in [1.54, 1.807) is 19.3 Å². The van der Waals surface area contributed by atoms with Crippen LogP contribution in [0.5, 0.6) is 0 Å². The molecule has 0 aromatic carbocycles. The molecule has 0 spiro atoms. The minimum Gasteiger partial charge on any atom is -0.355 e. The fraction of sp³-hybridized carbons (Fsp3) is 0.500. The standard InChI is InChI=1S/C24H32FN7O/c1-4-14-32(20-9-10-20)22-18(8-6-5-7-12-28-23(33)17(2)26-3)16-29-24(31-22)30-19-11-13-27-21(25)15-19/h11,13,15-17,20,26H,4-5,7,9-10,12,14H2,1-3H3,(H,28,33)(H,27,29,30,31)/t17-/m0/s1. The van der Waals surface area contributed by atoms with E-state index in [0.717, 1.165) is 43.6 Å². The van der Waals surface area contributed by atoms with Crippen LogP contribution in [0.1, 0.15) is 51.5 Å². The molecule has 3 N–H and O–H groups in total. The SMILES string of the molecule is CCCN(c1nc(Nc2ccnc(F)c2)ncc1C#CCCCNC(=O)[C@H](C)NC)C1CC1. The van der Waals surface area contributed by atoms with Crippen LogP contribution in [0, 0.1) is 17.8 Å². The summed E-state index contributed by atoms with van der Waals surface area (Å²) in [6, 6.07) is 3.23. The van der Waals surface area contributed by atoms with Gasteiger partial charge in [-0.3, -0.25) is 4.79 Å². The van der Waals surface area contributed by atoms with Crippen molar-refractivity contribution in [3.8, 4) is 11.8 Å². The zero-order valence-electron chi connectivity index (χ0n) is 19.5. The summed E-state index contributed by atoms with van der Waals surface area (Å²) >= 11 is 0. The van der Waals surface area contributed by atoms with Crippen LogP contribution in [0.2, 0.25) is 0 Å². The van der Waals surface area contributed by atoms with Gasteiger partial charge in [0.1, 0.15) is 5.82 Å². The lowest BCUT2D eigenvalue weighted by atomic mass is 10.2. The number of hydrogen-bond donors (Lipinski definition) is 3. The molecule has 0 radical (unpaired) electrons. The molecule has 9 heteroatoms. The third-order valence-electron chi connectivity index (χ3n) is 5.30. The zero-order valence-corrected chi connectivity index (χ0v) is 19.5. The molecule has 1 amide bonds. The quantitative estimate of drug-likeness (QED) is 0.274. The molecular formula is C24H32FN7O. The molecule has 2 aromatic heterocycles. The number of amides is 1. The van der Waals surface area contributed by atoms with Crippen molar-refractivity contribution >= 4 is 23.4 Å². The van der Waals surface area contributed by atoms with Gasteiger partial charge in [0.05, 0.1) is 17.8 Å². The first-order chi connectivity index (χ1) is 16.0. The van der Waals surface area contributed by atoms with Gasteiger partial charge in [0, 0.05) is 43.5 Å². The summed E-state index contributed by atoms with van der Waals surface area (Å²) in [6.07, 6.45) is 7.81. The summed E-state index contributed by atoms with van der Waals surface area (Å²) in [5, 5.41) is 8.87. The molecule has 33 heavy (non-hydrogen) atoms. The number of nitrogens with zero attached hydrogens (tertiary/aromatic N) is 4. The molecule has 1 fully saturated rings. The molecule has 0 bridgehead atoms. The van der Waals surface area contributed by atoms with Crippen molar-refractivity contribution in [2.45, 2.75) is 58.0 Å². The van der Waals surface area contributed by atoms with Crippen molar-refractivity contribution in [2.75, 3.05) is 30.4 Å². The third-order valence-corrected chi connectivity index (χ3v) is 5.30. The van der Waals surface area contributed by atoms with E-state index in [2.05, 4.69) is 49.6 Å². The van der Waals surface area contributed by atoms with E-state index in [0.29, 0.717) is 30.6 Å². The summed E-state index contributed by atoms with van der Waals surface area (Å²) in [6.45, 7) is 5.43. The summed E-state index contributed by atoms with van der Waals surface area (Å²) in [7, 11) is 1.76. The van der Waals surface area contributed by atoms with Crippen LogP contribution in [0.4, 0.5) is 21.8 Å². The fourth-order valence-electron chi connectivity index (χ4n) is 3.27. The number of halogens is 1. The summed E-state index contributed by atoms with van der Waals surface area (Å²) in [5.74, 6) is 7.02. The number of nitrogens with one attached hydrogen (secondary N) is 3. The molecule has 3 rings (SSSR count). The monoisotopic (exact) mass is 453 g/mol. The first-order valence-corrected chi connectivity index (χ1v) is 11.5. The number of aromatic nitrogens is 3. The molecule has 0 unspecified atom stereocenters. The van der Waals surface area contributed by atoms with Gasteiger partial charge in [-0.15, -0.1) is 0 Å². The van der Waals surface area contributed by atoms with Crippen LogP contribution in [0.25, 0.3) is 0 Å². The van der Waals surface area contributed by atoms with Crippen molar-refractivity contribution in [2.24, 2.45) is 0 Å². The Bertz CT molecular complexity index is 1000. The second-order valence-corrected chi connectivity index (χ2v) is 8.05. The highest BCUT2D eigenvalue weighted by Gasteiger charge is 2.31. The number of unbranched alkanes of at least 4 members (excludes halogenated alkanes) is 1. The molecular weight excluding hydrogens is 421 g/mol. The lowest BCUT2D eigenvalue weighted by Gasteiger charge is -2.24. The fourth-order valence-corrected chi connectivity index (χ4v) is 3.27. The maximum absolute atomic E-state index is 13.4. The molecule has 1 saturated carbocycles. The first-order valence-electron chi connectivity index (χ1n) is 11.5. The van der Waals surface area contributed by atoms with Gasteiger partial charge in [-0.2, -0.15) is 9.37 Å². The predicted octanol–water partition coefficient (Wildman–Crippen LogP) is 2.99. The molecule has 0 aliphatic heterocycles. The number of hydrogen-bond acceptors (Lipinski definition) is 7. The smallest absolute Gasteiger partial charge is 0.236 e. The number of anilines is 3. The average Bonchev–Trinajstić information content (AvgIpc) is 3.65. The Morgan fingerprint density at radius 3 is 2.88 bits per heavy atom. The zero-order chi connectivity index (χ0) is 23.6. The van der Waals surface area contributed by atoms with E-state index in [1.165, 1.54) is 12.3 Å². The highest BCUT2D eigenvalue weighted by Crippen LogP contribution is 2.33. The first kappa shape index (κ1) is 24.4. The van der Waals surface area contributed by atoms with Crippen molar-refractivity contribution in [3.63, 3.8) is 0 Å². The van der Waals surface area contributed by atoms with Crippen LogP contribution >= 0.6 is 0 Å². The van der Waals surface area contributed by atoms with E-state index in [-0.39, 0.29) is 11.9 Å². The minimum atomic E-state index is -0.565. The largest absolute Gasteiger partial charge is 0.355 e. The Morgan fingerprint density at radius 2 is 2.18 bits per heavy atom. The van der Waals surface area contributed by atoms with Gasteiger partial charge in [0.25, 0.3) is 0 Å². The average molecular weight is 454 g/mol. The van der Waals surface area contributed by atoms with E-state index >= 15 is 0 Å². The third kappa shape index (κ3) is 7.39. The Kier molecular flexibility index (Phi) is 8.95. The maximum atomic E-state index is 13.4. The number of likely N-dealkylation sites (N-methyl/N-ethyl adjacent to an activating group) is 1. The summed E-state index contributed by atoms with van der Waals surface area (Å²) in [5.41, 5.74) is 1.31. The Morgan fingerprint density at radius 1 is 1.36 bits per heavy atom. The molecule has 1 aliphatic rings. The van der Waals surface area contributed by atoms with E-state index in [9.17, 15) is 9.18 Å². The Labute approximate surface area is 194 Å². The maximum Gasteiger partial charge on any atom is 0.236 e. The normalized spacial score (nSPS) is 13.6. The van der Waals surface area contributed by atoms with Gasteiger partial charge >= 0.3 is 0 Å². The Balaban J connectivity index is 1.71. The molecule has 0 saturated heterocycles. The highest BCUT2D eigenvalue weighted by molar-refractivity contribution is 5.81. The number of rotatable bonds is 11. The molecule has 2 heterocycles. The van der Waals surface area contributed by atoms with Gasteiger partial charge in [0.2, 0.25) is 17.8 Å². The number of pyridine rings is 1.